The Labute approximate surface area is 120 Å². The van der Waals surface area contributed by atoms with E-state index in [1.807, 2.05) is 0 Å². The molecule has 2 amide bonds. The van der Waals surface area contributed by atoms with Gasteiger partial charge >= 0.3 is 12.4 Å². The maximum absolute atomic E-state index is 12.0. The van der Waals surface area contributed by atoms with Crippen LogP contribution in [0.2, 0.25) is 0 Å². The van der Waals surface area contributed by atoms with E-state index >= 15 is 0 Å². The van der Waals surface area contributed by atoms with Crippen molar-refractivity contribution < 1.29 is 22.7 Å². The van der Waals surface area contributed by atoms with Crippen molar-refractivity contribution in [2.45, 2.75) is 12.8 Å². The number of amides is 2. The first kappa shape index (κ1) is 15.4. The Kier molecular flexibility index (Phi) is 4.89. The predicted molar refractivity (Wildman–Crippen MR) is 70.2 cm³/mol. The van der Waals surface area contributed by atoms with Gasteiger partial charge in [-0.25, -0.2) is 10.1 Å². The van der Waals surface area contributed by atoms with Crippen LogP contribution in [0.15, 0.2) is 24.3 Å². The lowest BCUT2D eigenvalue weighted by Gasteiger charge is -2.20. The highest BCUT2D eigenvalue weighted by molar-refractivity contribution is 5.89. The lowest BCUT2D eigenvalue weighted by atomic mass is 10.3. The highest BCUT2D eigenvalue weighted by Crippen LogP contribution is 2.24. The largest absolute Gasteiger partial charge is 0.573 e. The van der Waals surface area contributed by atoms with Crippen molar-refractivity contribution in [3.63, 3.8) is 0 Å². The number of carbonyl (C=O) groups excluding carboxylic acids is 1. The molecule has 0 saturated carbocycles. The molecule has 1 aliphatic rings. The summed E-state index contributed by atoms with van der Waals surface area (Å²) in [5.41, 5.74) is 0.413. The Hall–Kier alpha value is -1.96. The van der Waals surface area contributed by atoms with E-state index in [1.54, 1.807) is 4.90 Å². The lowest BCUT2D eigenvalue weighted by molar-refractivity contribution is -0.274. The fraction of sp³-hybridized carbons (Fsp3) is 0.462. The smallest absolute Gasteiger partial charge is 0.406 e. The van der Waals surface area contributed by atoms with Crippen molar-refractivity contribution in [1.29, 1.82) is 0 Å². The quantitative estimate of drug-likeness (QED) is 0.912. The zero-order chi connectivity index (χ0) is 15.3. The number of hydrogen-bond acceptors (Lipinski definition) is 2. The second-order valence-electron chi connectivity index (χ2n) is 4.51. The number of alkyl halides is 3. The summed E-state index contributed by atoms with van der Waals surface area (Å²) >= 11 is 0. The fourth-order valence-electron chi connectivity index (χ4n) is 1.93. The molecule has 5 nitrogen and oxygen atoms in total. The summed E-state index contributed by atoms with van der Waals surface area (Å²) in [6, 6.07) is 4.75. The summed E-state index contributed by atoms with van der Waals surface area (Å²) in [5, 5.41) is 6.85. The van der Waals surface area contributed by atoms with Gasteiger partial charge < -0.3 is 15.0 Å². The highest BCUT2D eigenvalue weighted by Gasteiger charge is 2.31. The van der Waals surface area contributed by atoms with E-state index in [9.17, 15) is 18.0 Å². The van der Waals surface area contributed by atoms with Gasteiger partial charge in [-0.15, -0.1) is 13.2 Å². The summed E-state index contributed by atoms with van der Waals surface area (Å²) in [6.45, 7) is 2.50. The number of nitrogens with zero attached hydrogens (tertiary/aromatic N) is 2. The molecule has 1 N–H and O–H groups in total. The number of ether oxygens (including phenoxy) is 1. The number of carbonyl (C=O) groups is 1. The Bertz CT molecular complexity index is 469. The van der Waals surface area contributed by atoms with Gasteiger partial charge in [-0.2, -0.15) is 0 Å². The third-order valence-corrected chi connectivity index (χ3v) is 2.90. The first-order valence-electron chi connectivity index (χ1n) is 6.49. The first-order chi connectivity index (χ1) is 9.94. The van der Waals surface area contributed by atoms with Crippen LogP contribution >= 0.6 is 0 Å². The molecular weight excluding hydrogens is 287 g/mol. The van der Waals surface area contributed by atoms with Gasteiger partial charge in [-0.3, -0.25) is 0 Å². The first-order valence-corrected chi connectivity index (χ1v) is 6.49. The van der Waals surface area contributed by atoms with E-state index in [-0.39, 0.29) is 11.8 Å². The zero-order valence-electron chi connectivity index (χ0n) is 11.2. The molecule has 1 aliphatic heterocycles. The highest BCUT2D eigenvalue weighted by atomic mass is 19.4. The maximum Gasteiger partial charge on any atom is 0.573 e. The van der Waals surface area contributed by atoms with Crippen LogP contribution in [-0.2, 0) is 0 Å². The molecule has 0 atom stereocenters. The van der Waals surface area contributed by atoms with Crippen molar-refractivity contribution in [3.8, 4) is 5.75 Å². The van der Waals surface area contributed by atoms with Crippen LogP contribution in [0.5, 0.6) is 5.75 Å². The maximum atomic E-state index is 12.0. The fourth-order valence-corrected chi connectivity index (χ4v) is 1.93. The van der Waals surface area contributed by atoms with Crippen molar-refractivity contribution in [3.05, 3.63) is 24.3 Å². The molecule has 21 heavy (non-hydrogen) atoms. The van der Waals surface area contributed by atoms with Gasteiger partial charge in [0.2, 0.25) is 0 Å². The third kappa shape index (κ3) is 5.14. The predicted octanol–water partition coefficient (Wildman–Crippen LogP) is 2.43. The van der Waals surface area contributed by atoms with Crippen molar-refractivity contribution in [2.75, 3.05) is 31.5 Å². The van der Waals surface area contributed by atoms with E-state index in [1.165, 1.54) is 12.1 Å². The monoisotopic (exact) mass is 302 g/mol. The number of hydrogen-bond donors (Lipinski definition) is 1. The molecule has 0 spiro atoms. The van der Waals surface area contributed by atoms with Gasteiger partial charge in [0.05, 0.1) is 0 Å². The van der Waals surface area contributed by atoms with Crippen LogP contribution in [0.3, 0.4) is 0 Å². The number of halogens is 3. The molecule has 1 radical (unpaired) electrons. The Morgan fingerprint density at radius 3 is 2.57 bits per heavy atom. The summed E-state index contributed by atoms with van der Waals surface area (Å²) < 4.78 is 39.8. The molecule has 0 bridgehead atoms. The SMILES string of the molecule is O=C(Nc1ccc(OC(F)(F)F)cc1)N1CCC[N]CC1. The van der Waals surface area contributed by atoms with Gasteiger partial charge in [-0.1, -0.05) is 0 Å². The van der Waals surface area contributed by atoms with E-state index < -0.39 is 6.36 Å². The van der Waals surface area contributed by atoms with Crippen LogP contribution in [0.1, 0.15) is 6.42 Å². The topological polar surface area (TPSA) is 55.7 Å². The van der Waals surface area contributed by atoms with E-state index in [0.717, 1.165) is 25.1 Å². The summed E-state index contributed by atoms with van der Waals surface area (Å²) in [5.74, 6) is -0.325. The molecule has 1 aromatic carbocycles. The molecule has 0 aliphatic carbocycles. The lowest BCUT2D eigenvalue weighted by Crippen LogP contribution is -2.37. The molecule has 2 rings (SSSR count). The second-order valence-corrected chi connectivity index (χ2v) is 4.51. The van der Waals surface area contributed by atoms with Crippen LogP contribution < -0.4 is 15.4 Å². The zero-order valence-corrected chi connectivity index (χ0v) is 11.2. The molecule has 0 unspecified atom stereocenters. The molecule has 1 saturated heterocycles. The van der Waals surface area contributed by atoms with Gasteiger partial charge in [0.1, 0.15) is 5.75 Å². The molecule has 0 aromatic heterocycles. The van der Waals surface area contributed by atoms with E-state index in [0.29, 0.717) is 25.3 Å². The second kappa shape index (κ2) is 6.66. The number of benzene rings is 1. The van der Waals surface area contributed by atoms with E-state index in [4.69, 9.17) is 0 Å². The molecule has 1 aromatic rings. The van der Waals surface area contributed by atoms with Crippen LogP contribution in [0.4, 0.5) is 23.7 Å². The van der Waals surface area contributed by atoms with Crippen molar-refractivity contribution in [1.82, 2.24) is 10.2 Å². The molecule has 115 valence electrons. The number of rotatable bonds is 2. The van der Waals surface area contributed by atoms with Crippen molar-refractivity contribution in [2.24, 2.45) is 0 Å². The van der Waals surface area contributed by atoms with Crippen LogP contribution in [0.25, 0.3) is 0 Å². The number of nitrogens with one attached hydrogen (secondary N) is 1. The van der Waals surface area contributed by atoms with Crippen LogP contribution in [0, 0.1) is 0 Å². The molecule has 1 fully saturated rings. The van der Waals surface area contributed by atoms with Crippen LogP contribution in [-0.4, -0.2) is 43.5 Å². The molecule has 8 heteroatoms. The van der Waals surface area contributed by atoms with Gasteiger partial charge in [0, 0.05) is 31.9 Å². The summed E-state index contributed by atoms with van der Waals surface area (Å²) in [4.78, 5) is 13.6. The summed E-state index contributed by atoms with van der Waals surface area (Å²) in [7, 11) is 0. The molecular formula is C13H15F3N3O2. The van der Waals surface area contributed by atoms with Gasteiger partial charge in [0.25, 0.3) is 0 Å². The normalized spacial score (nSPS) is 16.2. The minimum atomic E-state index is -4.72. The van der Waals surface area contributed by atoms with Gasteiger partial charge in [-0.05, 0) is 30.7 Å². The van der Waals surface area contributed by atoms with Gasteiger partial charge in [0.15, 0.2) is 0 Å². The third-order valence-electron chi connectivity index (χ3n) is 2.90. The Balaban J connectivity index is 1.91. The number of anilines is 1. The minimum absolute atomic E-state index is 0.281. The minimum Gasteiger partial charge on any atom is -0.406 e. The van der Waals surface area contributed by atoms with E-state index in [2.05, 4.69) is 15.4 Å². The molecule has 1 heterocycles. The Morgan fingerprint density at radius 1 is 1.19 bits per heavy atom. The van der Waals surface area contributed by atoms with Crippen molar-refractivity contribution >= 4 is 11.7 Å². The standard InChI is InChI=1S/C13H15F3N3O2/c14-13(15,16)21-11-4-2-10(3-5-11)18-12(20)19-8-1-6-17-7-9-19/h2-5H,1,6-9H2,(H,18,20). The summed E-state index contributed by atoms with van der Waals surface area (Å²) in [6.07, 6.45) is -3.91. The number of urea groups is 1. The average Bonchev–Trinajstić information content (AvgIpc) is 2.68. The average molecular weight is 302 g/mol. The Morgan fingerprint density at radius 2 is 1.90 bits per heavy atom.